The molecule has 2 aliphatic carbocycles. The van der Waals surface area contributed by atoms with Crippen LogP contribution in [0.4, 0.5) is 0 Å². The molecule has 0 aromatic carbocycles. The second-order valence-corrected chi connectivity index (χ2v) is 6.88. The monoisotopic (exact) mass is 442 g/mol. The molecule has 0 spiro atoms. The maximum Gasteiger partial charge on any atom is 0.191 e. The first-order valence-corrected chi connectivity index (χ1v) is 9.31. The fourth-order valence-corrected chi connectivity index (χ4v) is 3.79. The number of aliphatic imine (C=N–C) groups is 1. The van der Waals surface area contributed by atoms with Gasteiger partial charge in [-0.3, -0.25) is 9.98 Å². The van der Waals surface area contributed by atoms with Gasteiger partial charge in [-0.25, -0.2) is 0 Å². The Kier molecular flexibility index (Phi) is 8.29. The highest BCUT2D eigenvalue weighted by molar-refractivity contribution is 14.0. The van der Waals surface area contributed by atoms with Crippen LogP contribution in [0.1, 0.15) is 51.1 Å². The van der Waals surface area contributed by atoms with Crippen molar-refractivity contribution < 1.29 is 0 Å². The van der Waals surface area contributed by atoms with E-state index in [9.17, 15) is 0 Å². The largest absolute Gasteiger partial charge is 0.357 e. The molecule has 0 saturated heterocycles. The van der Waals surface area contributed by atoms with Gasteiger partial charge in [0.25, 0.3) is 0 Å². The predicted octanol–water partition coefficient (Wildman–Crippen LogP) is 3.77. The molecule has 2 atom stereocenters. The quantitative estimate of drug-likeness (QED) is 0.401. The molecule has 4 nitrogen and oxygen atoms in total. The second-order valence-electron chi connectivity index (χ2n) is 6.88. The predicted molar refractivity (Wildman–Crippen MR) is 111 cm³/mol. The summed E-state index contributed by atoms with van der Waals surface area (Å²) in [5.74, 6) is 2.82. The van der Waals surface area contributed by atoms with Crippen molar-refractivity contribution >= 4 is 29.9 Å². The third-order valence-electron chi connectivity index (χ3n) is 5.13. The number of nitrogens with zero attached hydrogens (tertiary/aromatic N) is 2. The van der Waals surface area contributed by atoms with Crippen LogP contribution in [-0.4, -0.2) is 30.1 Å². The normalized spacial score (nSPS) is 24.1. The summed E-state index contributed by atoms with van der Waals surface area (Å²) in [7, 11) is 0. The van der Waals surface area contributed by atoms with Gasteiger partial charge in [0, 0.05) is 37.4 Å². The Morgan fingerprint density at radius 3 is 2.79 bits per heavy atom. The van der Waals surface area contributed by atoms with Crippen LogP contribution in [0.5, 0.6) is 0 Å². The van der Waals surface area contributed by atoms with E-state index in [1.165, 1.54) is 38.5 Å². The number of nitrogens with one attached hydrogen (secondary N) is 2. The molecule has 2 aliphatic rings. The minimum Gasteiger partial charge on any atom is -0.357 e. The Morgan fingerprint density at radius 1 is 1.25 bits per heavy atom. The molecule has 2 N–H and O–H groups in total. The van der Waals surface area contributed by atoms with Crippen molar-refractivity contribution in [3.05, 3.63) is 30.1 Å². The summed E-state index contributed by atoms with van der Waals surface area (Å²) in [5.41, 5.74) is 1.11. The highest BCUT2D eigenvalue weighted by Gasteiger charge is 2.43. The SMILES string of the molecule is CCNC(=NCCc1ccccn1)NC1CC1C1CCCCC1.I. The molecule has 2 fully saturated rings. The van der Waals surface area contributed by atoms with E-state index in [1.54, 1.807) is 0 Å². The summed E-state index contributed by atoms with van der Waals surface area (Å²) in [6.45, 7) is 3.82. The van der Waals surface area contributed by atoms with Crippen LogP contribution in [0.2, 0.25) is 0 Å². The molecule has 1 aromatic heterocycles. The zero-order valence-electron chi connectivity index (χ0n) is 14.7. The number of hydrogen-bond donors (Lipinski definition) is 2. The number of pyridine rings is 1. The molecule has 5 heteroatoms. The summed E-state index contributed by atoms with van der Waals surface area (Å²) in [6.07, 6.45) is 11.3. The van der Waals surface area contributed by atoms with Gasteiger partial charge in [-0.1, -0.05) is 38.2 Å². The molecule has 0 aliphatic heterocycles. The van der Waals surface area contributed by atoms with Crippen LogP contribution < -0.4 is 10.6 Å². The summed E-state index contributed by atoms with van der Waals surface area (Å²) < 4.78 is 0. The molecule has 0 bridgehead atoms. The molecule has 1 heterocycles. The van der Waals surface area contributed by atoms with Crippen LogP contribution in [0.3, 0.4) is 0 Å². The molecule has 1 aromatic rings. The maximum atomic E-state index is 4.72. The average molecular weight is 442 g/mol. The molecule has 2 unspecified atom stereocenters. The van der Waals surface area contributed by atoms with E-state index < -0.39 is 0 Å². The number of hydrogen-bond acceptors (Lipinski definition) is 2. The lowest BCUT2D eigenvalue weighted by Crippen LogP contribution is -2.39. The van der Waals surface area contributed by atoms with Crippen molar-refractivity contribution in [1.29, 1.82) is 0 Å². The minimum absolute atomic E-state index is 0. The molecular formula is C19H31IN4. The molecule has 0 radical (unpaired) electrons. The molecule has 3 rings (SSSR count). The Morgan fingerprint density at radius 2 is 2.08 bits per heavy atom. The van der Waals surface area contributed by atoms with Crippen molar-refractivity contribution in [1.82, 2.24) is 15.6 Å². The molecule has 134 valence electrons. The Hall–Kier alpha value is -0.850. The first-order valence-electron chi connectivity index (χ1n) is 9.31. The molecule has 0 amide bonds. The first-order chi connectivity index (χ1) is 11.4. The van der Waals surface area contributed by atoms with Crippen molar-refractivity contribution in [2.75, 3.05) is 13.1 Å². The Labute approximate surface area is 163 Å². The number of aromatic nitrogens is 1. The number of halogens is 1. The van der Waals surface area contributed by atoms with Crippen LogP contribution in [0.25, 0.3) is 0 Å². The van der Waals surface area contributed by atoms with Gasteiger partial charge in [0.1, 0.15) is 0 Å². The average Bonchev–Trinajstić information content (AvgIpc) is 3.36. The zero-order valence-corrected chi connectivity index (χ0v) is 17.0. The highest BCUT2D eigenvalue weighted by Crippen LogP contribution is 2.44. The van der Waals surface area contributed by atoms with Crippen LogP contribution in [0, 0.1) is 11.8 Å². The highest BCUT2D eigenvalue weighted by atomic mass is 127. The Bertz CT molecular complexity index is 499. The number of rotatable bonds is 6. The van der Waals surface area contributed by atoms with E-state index in [4.69, 9.17) is 4.99 Å². The summed E-state index contributed by atoms with van der Waals surface area (Å²) in [5, 5.41) is 7.03. The van der Waals surface area contributed by atoms with Crippen molar-refractivity contribution in [2.24, 2.45) is 16.8 Å². The van der Waals surface area contributed by atoms with Gasteiger partial charge < -0.3 is 10.6 Å². The van der Waals surface area contributed by atoms with Gasteiger partial charge in [0.15, 0.2) is 5.96 Å². The first kappa shape index (κ1) is 19.5. The van der Waals surface area contributed by atoms with Crippen molar-refractivity contribution in [3.63, 3.8) is 0 Å². The van der Waals surface area contributed by atoms with E-state index in [-0.39, 0.29) is 24.0 Å². The van der Waals surface area contributed by atoms with Gasteiger partial charge in [-0.2, -0.15) is 0 Å². The van der Waals surface area contributed by atoms with Crippen molar-refractivity contribution in [3.8, 4) is 0 Å². The van der Waals surface area contributed by atoms with Gasteiger partial charge >= 0.3 is 0 Å². The maximum absolute atomic E-state index is 4.72. The van der Waals surface area contributed by atoms with Crippen LogP contribution in [0.15, 0.2) is 29.4 Å². The van der Waals surface area contributed by atoms with Gasteiger partial charge in [0.2, 0.25) is 0 Å². The fourth-order valence-electron chi connectivity index (χ4n) is 3.79. The molecular weight excluding hydrogens is 411 g/mol. The standard InChI is InChI=1S/C19H30N4.HI/c1-2-20-19(22-13-11-16-10-6-7-12-21-16)23-18-14-17(18)15-8-4-3-5-9-15;/h6-7,10,12,15,17-18H,2-5,8-9,11,13-14H2,1H3,(H2,20,22,23);1H. The van der Waals surface area contributed by atoms with Crippen LogP contribution in [-0.2, 0) is 6.42 Å². The van der Waals surface area contributed by atoms with E-state index in [2.05, 4.69) is 28.6 Å². The second kappa shape index (κ2) is 10.2. The smallest absolute Gasteiger partial charge is 0.191 e. The van der Waals surface area contributed by atoms with E-state index in [0.717, 1.165) is 43.0 Å². The van der Waals surface area contributed by atoms with Gasteiger partial charge in [-0.15, -0.1) is 24.0 Å². The van der Waals surface area contributed by atoms with E-state index in [0.29, 0.717) is 6.04 Å². The third-order valence-corrected chi connectivity index (χ3v) is 5.13. The minimum atomic E-state index is 0. The lowest BCUT2D eigenvalue weighted by atomic mass is 9.85. The van der Waals surface area contributed by atoms with E-state index >= 15 is 0 Å². The fraction of sp³-hybridized carbons (Fsp3) is 0.684. The lowest BCUT2D eigenvalue weighted by molar-refractivity contribution is 0.315. The van der Waals surface area contributed by atoms with Crippen LogP contribution >= 0.6 is 24.0 Å². The Balaban J connectivity index is 0.00000208. The van der Waals surface area contributed by atoms with Crippen molar-refractivity contribution in [2.45, 2.75) is 57.9 Å². The third kappa shape index (κ3) is 5.90. The summed E-state index contributed by atoms with van der Waals surface area (Å²) in [6, 6.07) is 6.70. The number of guanidine groups is 1. The van der Waals surface area contributed by atoms with E-state index in [1.807, 2.05) is 18.3 Å². The lowest BCUT2D eigenvalue weighted by Gasteiger charge is -2.22. The summed E-state index contributed by atoms with van der Waals surface area (Å²) >= 11 is 0. The topological polar surface area (TPSA) is 49.3 Å². The van der Waals surface area contributed by atoms with Gasteiger partial charge in [-0.05, 0) is 37.3 Å². The zero-order chi connectivity index (χ0) is 15.9. The van der Waals surface area contributed by atoms with Gasteiger partial charge in [0.05, 0.1) is 0 Å². The summed E-state index contributed by atoms with van der Waals surface area (Å²) in [4.78, 5) is 9.08. The molecule has 24 heavy (non-hydrogen) atoms. The molecule has 2 saturated carbocycles.